The number of nitrogens with one attached hydrogen (secondary N) is 3. The monoisotopic (exact) mass is 469 g/mol. The van der Waals surface area contributed by atoms with Crippen molar-refractivity contribution in [1.82, 2.24) is 10.3 Å². The largest absolute Gasteiger partial charge is 0.497 e. The van der Waals surface area contributed by atoms with Crippen LogP contribution in [0.4, 0.5) is 5.69 Å². The number of rotatable bonds is 9. The molecule has 0 saturated carbocycles. The molecule has 0 bridgehead atoms. The van der Waals surface area contributed by atoms with E-state index in [1.54, 1.807) is 7.11 Å². The van der Waals surface area contributed by atoms with Crippen LogP contribution in [0.25, 0.3) is 22.2 Å². The minimum Gasteiger partial charge on any atom is -0.497 e. The van der Waals surface area contributed by atoms with Gasteiger partial charge >= 0.3 is 0 Å². The lowest BCUT2D eigenvalue weighted by atomic mass is 10.0. The van der Waals surface area contributed by atoms with E-state index < -0.39 is 0 Å². The minimum absolute atomic E-state index is 0.00757. The number of carbonyl (C=O) groups excluding carboxylic acids is 2. The molecule has 6 heteroatoms. The Kier molecular flexibility index (Phi) is 7.51. The first-order chi connectivity index (χ1) is 17.0. The van der Waals surface area contributed by atoms with E-state index >= 15 is 0 Å². The molecular weight excluding hydrogens is 438 g/mol. The Morgan fingerprint density at radius 1 is 0.943 bits per heavy atom. The van der Waals surface area contributed by atoms with E-state index in [2.05, 4.69) is 27.8 Å². The van der Waals surface area contributed by atoms with E-state index in [9.17, 15) is 9.59 Å². The Hall–Kier alpha value is -4.06. The number of aromatic amines is 1. The number of H-pyrrole nitrogens is 1. The van der Waals surface area contributed by atoms with E-state index in [-0.39, 0.29) is 17.9 Å². The van der Waals surface area contributed by atoms with Crippen LogP contribution in [0.3, 0.4) is 0 Å². The molecule has 4 rings (SSSR count). The number of para-hydroxylation sites is 1. The number of anilines is 1. The molecule has 6 nitrogen and oxygen atoms in total. The highest BCUT2D eigenvalue weighted by atomic mass is 16.5. The quantitative estimate of drug-likeness (QED) is 0.281. The maximum absolute atomic E-state index is 12.8. The van der Waals surface area contributed by atoms with Gasteiger partial charge in [-0.05, 0) is 72.5 Å². The third kappa shape index (κ3) is 5.72. The van der Waals surface area contributed by atoms with Crippen LogP contribution in [0, 0.1) is 0 Å². The zero-order valence-electron chi connectivity index (χ0n) is 20.4. The number of benzene rings is 3. The molecule has 0 aliphatic heterocycles. The second kappa shape index (κ2) is 10.9. The van der Waals surface area contributed by atoms with Crippen LogP contribution >= 0.6 is 0 Å². The minimum atomic E-state index is -0.137. The highest BCUT2D eigenvalue weighted by Gasteiger charge is 2.16. The molecule has 1 heterocycles. The third-order valence-corrected chi connectivity index (χ3v) is 6.19. The van der Waals surface area contributed by atoms with Gasteiger partial charge in [-0.1, -0.05) is 37.3 Å². The van der Waals surface area contributed by atoms with Gasteiger partial charge in [-0.3, -0.25) is 9.59 Å². The lowest BCUT2D eigenvalue weighted by Crippen LogP contribution is -2.26. The Balaban J connectivity index is 1.45. The topological polar surface area (TPSA) is 83.2 Å². The maximum atomic E-state index is 12.8. The lowest BCUT2D eigenvalue weighted by Gasteiger charge is -2.15. The zero-order chi connectivity index (χ0) is 24.8. The predicted molar refractivity (Wildman–Crippen MR) is 141 cm³/mol. The highest BCUT2D eigenvalue weighted by Crippen LogP contribution is 2.32. The van der Waals surface area contributed by atoms with Crippen molar-refractivity contribution < 1.29 is 14.3 Å². The molecule has 0 fully saturated rings. The van der Waals surface area contributed by atoms with Gasteiger partial charge in [0.25, 0.3) is 0 Å². The summed E-state index contributed by atoms with van der Waals surface area (Å²) in [4.78, 5) is 27.9. The van der Waals surface area contributed by atoms with E-state index in [1.807, 2.05) is 74.5 Å². The number of aromatic nitrogens is 1. The van der Waals surface area contributed by atoms with E-state index in [0.717, 1.165) is 44.7 Å². The van der Waals surface area contributed by atoms with Gasteiger partial charge in [-0.15, -0.1) is 0 Å². The number of amides is 2. The fourth-order valence-corrected chi connectivity index (χ4v) is 4.20. The SMILES string of the molecule is CCC(=O)Nc1ccc(C(C)NC(=O)CCc2c(-c3ccc(OC)cc3)[nH]c3ccccc23)cc1. The molecule has 2 amide bonds. The van der Waals surface area contributed by atoms with Crippen LogP contribution in [0.15, 0.2) is 72.8 Å². The van der Waals surface area contributed by atoms with Crippen molar-refractivity contribution in [3.8, 4) is 17.0 Å². The third-order valence-electron chi connectivity index (χ3n) is 6.19. The number of methoxy groups -OCH3 is 1. The molecule has 0 radical (unpaired) electrons. The Labute approximate surface area is 205 Å². The molecule has 1 unspecified atom stereocenters. The van der Waals surface area contributed by atoms with Gasteiger partial charge < -0.3 is 20.4 Å². The van der Waals surface area contributed by atoms with Crippen molar-refractivity contribution >= 4 is 28.4 Å². The summed E-state index contributed by atoms with van der Waals surface area (Å²) in [5.74, 6) is 0.776. The standard InChI is InChI=1S/C29H31N3O3/c1-4-27(33)31-22-13-9-20(10-14-22)19(2)30-28(34)18-17-25-24-7-5-6-8-26(24)32-29(25)21-11-15-23(35-3)16-12-21/h5-16,19,32H,4,17-18H2,1-3H3,(H,30,34)(H,31,33). The summed E-state index contributed by atoms with van der Waals surface area (Å²) in [6.45, 7) is 3.78. The van der Waals surface area contributed by atoms with Crippen LogP contribution in [0.2, 0.25) is 0 Å². The van der Waals surface area contributed by atoms with Gasteiger partial charge in [0, 0.05) is 35.1 Å². The predicted octanol–water partition coefficient (Wildman–Crippen LogP) is 6.00. The smallest absolute Gasteiger partial charge is 0.224 e. The van der Waals surface area contributed by atoms with Crippen molar-refractivity contribution in [3.05, 3.63) is 83.9 Å². The second-order valence-corrected chi connectivity index (χ2v) is 8.57. The summed E-state index contributed by atoms with van der Waals surface area (Å²) in [6, 6.07) is 23.6. The van der Waals surface area contributed by atoms with Crippen LogP contribution < -0.4 is 15.4 Å². The lowest BCUT2D eigenvalue weighted by molar-refractivity contribution is -0.121. The van der Waals surface area contributed by atoms with Gasteiger partial charge in [0.15, 0.2) is 0 Å². The molecular formula is C29H31N3O3. The zero-order valence-corrected chi connectivity index (χ0v) is 20.4. The summed E-state index contributed by atoms with van der Waals surface area (Å²) in [6.07, 6.45) is 1.43. The van der Waals surface area contributed by atoms with E-state index in [4.69, 9.17) is 4.74 Å². The van der Waals surface area contributed by atoms with Gasteiger partial charge in [0.2, 0.25) is 11.8 Å². The van der Waals surface area contributed by atoms with Gasteiger partial charge in [-0.25, -0.2) is 0 Å². The Morgan fingerprint density at radius 3 is 2.34 bits per heavy atom. The molecule has 1 atom stereocenters. The molecule has 35 heavy (non-hydrogen) atoms. The summed E-state index contributed by atoms with van der Waals surface area (Å²) < 4.78 is 5.29. The van der Waals surface area contributed by atoms with Crippen molar-refractivity contribution in [3.63, 3.8) is 0 Å². The average molecular weight is 470 g/mol. The summed E-state index contributed by atoms with van der Waals surface area (Å²) in [7, 11) is 1.65. The number of ether oxygens (including phenoxy) is 1. The molecule has 4 aromatic rings. The molecule has 0 saturated heterocycles. The molecule has 3 N–H and O–H groups in total. The number of hydrogen-bond donors (Lipinski definition) is 3. The fourth-order valence-electron chi connectivity index (χ4n) is 4.20. The highest BCUT2D eigenvalue weighted by molar-refractivity contribution is 5.92. The van der Waals surface area contributed by atoms with Crippen LogP contribution in [0.5, 0.6) is 5.75 Å². The van der Waals surface area contributed by atoms with Gasteiger partial charge in [0.05, 0.1) is 13.2 Å². The number of fused-ring (bicyclic) bond motifs is 1. The average Bonchev–Trinajstić information content (AvgIpc) is 3.26. The summed E-state index contributed by atoms with van der Waals surface area (Å²) >= 11 is 0. The molecule has 1 aromatic heterocycles. The molecule has 180 valence electrons. The normalized spacial score (nSPS) is 11.7. The number of carbonyl (C=O) groups is 2. The van der Waals surface area contributed by atoms with Gasteiger partial charge in [0.1, 0.15) is 5.75 Å². The van der Waals surface area contributed by atoms with Crippen LogP contribution in [-0.2, 0) is 16.0 Å². The van der Waals surface area contributed by atoms with Gasteiger partial charge in [-0.2, -0.15) is 0 Å². The van der Waals surface area contributed by atoms with E-state index in [0.29, 0.717) is 19.3 Å². The van der Waals surface area contributed by atoms with Crippen molar-refractivity contribution in [2.75, 3.05) is 12.4 Å². The number of aryl methyl sites for hydroxylation is 1. The number of hydrogen-bond acceptors (Lipinski definition) is 3. The first kappa shape index (κ1) is 24.1. The Morgan fingerprint density at radius 2 is 1.66 bits per heavy atom. The summed E-state index contributed by atoms with van der Waals surface area (Å²) in [5, 5.41) is 7.07. The first-order valence-electron chi connectivity index (χ1n) is 11.9. The first-order valence-corrected chi connectivity index (χ1v) is 11.9. The fraction of sp³-hybridized carbons (Fsp3) is 0.241. The van der Waals surface area contributed by atoms with Crippen molar-refractivity contribution in [1.29, 1.82) is 0 Å². The maximum Gasteiger partial charge on any atom is 0.224 e. The van der Waals surface area contributed by atoms with Crippen molar-refractivity contribution in [2.24, 2.45) is 0 Å². The molecule has 0 spiro atoms. The van der Waals surface area contributed by atoms with Crippen LogP contribution in [-0.4, -0.2) is 23.9 Å². The summed E-state index contributed by atoms with van der Waals surface area (Å²) in [5.41, 5.74) is 6.01. The molecule has 0 aliphatic carbocycles. The second-order valence-electron chi connectivity index (χ2n) is 8.57. The van der Waals surface area contributed by atoms with Crippen LogP contribution in [0.1, 0.15) is 43.9 Å². The van der Waals surface area contributed by atoms with Crippen molar-refractivity contribution in [2.45, 2.75) is 39.2 Å². The molecule has 3 aromatic carbocycles. The Bertz CT molecular complexity index is 1310. The molecule has 0 aliphatic rings. The van der Waals surface area contributed by atoms with E-state index in [1.165, 1.54) is 0 Å².